The Kier molecular flexibility index (Phi) is 3.84. The van der Waals surface area contributed by atoms with E-state index in [9.17, 15) is 9.90 Å². The zero-order chi connectivity index (χ0) is 13.3. The standard InChI is InChI=1S/C16H27NO2/c18-15(19)16-9-5-8-14(16)11-17(12-16)10-13-6-3-1-2-4-7-13/h13-14H,1-12H2,(H,18,19)/t14-,16+/m0/s1. The Balaban J connectivity index is 1.60. The highest BCUT2D eigenvalue weighted by Gasteiger charge is 2.54. The van der Waals surface area contributed by atoms with Gasteiger partial charge in [-0.1, -0.05) is 32.1 Å². The monoisotopic (exact) mass is 265 g/mol. The van der Waals surface area contributed by atoms with E-state index in [1.54, 1.807) is 0 Å². The number of likely N-dealkylation sites (tertiary alicyclic amines) is 1. The molecular formula is C16H27NO2. The maximum absolute atomic E-state index is 11.7. The van der Waals surface area contributed by atoms with Crippen LogP contribution >= 0.6 is 0 Å². The quantitative estimate of drug-likeness (QED) is 0.797. The number of fused-ring (bicyclic) bond motifs is 1. The van der Waals surface area contributed by atoms with Crippen LogP contribution in [-0.4, -0.2) is 35.6 Å². The van der Waals surface area contributed by atoms with Crippen LogP contribution in [-0.2, 0) is 4.79 Å². The third-order valence-electron chi connectivity index (χ3n) is 5.86. The first-order valence-corrected chi connectivity index (χ1v) is 8.16. The number of carboxylic acids is 1. The van der Waals surface area contributed by atoms with Crippen molar-refractivity contribution in [1.82, 2.24) is 4.90 Å². The Morgan fingerprint density at radius 1 is 1.11 bits per heavy atom. The van der Waals surface area contributed by atoms with E-state index in [0.717, 1.165) is 44.8 Å². The maximum Gasteiger partial charge on any atom is 0.311 e. The van der Waals surface area contributed by atoms with Crippen molar-refractivity contribution >= 4 is 5.97 Å². The molecule has 3 aliphatic rings. The zero-order valence-corrected chi connectivity index (χ0v) is 11.9. The van der Waals surface area contributed by atoms with Gasteiger partial charge in [-0.2, -0.15) is 0 Å². The molecule has 3 fully saturated rings. The van der Waals surface area contributed by atoms with Crippen molar-refractivity contribution in [2.24, 2.45) is 17.3 Å². The van der Waals surface area contributed by atoms with Crippen LogP contribution in [0.25, 0.3) is 0 Å². The van der Waals surface area contributed by atoms with Crippen LogP contribution in [0, 0.1) is 17.3 Å². The van der Waals surface area contributed by atoms with E-state index < -0.39 is 5.97 Å². The fourth-order valence-corrected chi connectivity index (χ4v) is 4.79. The van der Waals surface area contributed by atoms with Crippen LogP contribution in [0.2, 0.25) is 0 Å². The van der Waals surface area contributed by atoms with Crippen LogP contribution in [0.3, 0.4) is 0 Å². The summed E-state index contributed by atoms with van der Waals surface area (Å²) in [5.74, 6) is 0.723. The van der Waals surface area contributed by atoms with Gasteiger partial charge in [0, 0.05) is 19.6 Å². The summed E-state index contributed by atoms with van der Waals surface area (Å²) in [5, 5.41) is 9.62. The van der Waals surface area contributed by atoms with Gasteiger partial charge in [-0.25, -0.2) is 0 Å². The number of carbonyl (C=O) groups is 1. The number of aliphatic carboxylic acids is 1. The minimum absolute atomic E-state index is 0.384. The van der Waals surface area contributed by atoms with Gasteiger partial charge in [-0.15, -0.1) is 0 Å². The van der Waals surface area contributed by atoms with E-state index >= 15 is 0 Å². The Hall–Kier alpha value is -0.570. The lowest BCUT2D eigenvalue weighted by Crippen LogP contribution is -2.36. The third kappa shape index (κ3) is 2.54. The second-order valence-electron chi connectivity index (χ2n) is 7.10. The van der Waals surface area contributed by atoms with Gasteiger partial charge in [0.15, 0.2) is 0 Å². The van der Waals surface area contributed by atoms with Crippen molar-refractivity contribution in [3.05, 3.63) is 0 Å². The number of hydrogen-bond donors (Lipinski definition) is 1. The number of hydrogen-bond acceptors (Lipinski definition) is 2. The third-order valence-corrected chi connectivity index (χ3v) is 5.86. The average molecular weight is 265 g/mol. The Morgan fingerprint density at radius 3 is 2.47 bits per heavy atom. The van der Waals surface area contributed by atoms with Gasteiger partial charge >= 0.3 is 5.97 Å². The van der Waals surface area contributed by atoms with Crippen molar-refractivity contribution in [2.45, 2.75) is 57.8 Å². The molecule has 1 heterocycles. The molecule has 0 unspecified atom stereocenters. The van der Waals surface area contributed by atoms with Gasteiger partial charge in [-0.05, 0) is 37.5 Å². The summed E-state index contributed by atoms with van der Waals surface area (Å²) < 4.78 is 0. The molecule has 2 atom stereocenters. The van der Waals surface area contributed by atoms with Crippen molar-refractivity contribution < 1.29 is 9.90 Å². The molecule has 0 bridgehead atoms. The molecule has 3 rings (SSSR count). The van der Waals surface area contributed by atoms with Crippen molar-refractivity contribution in [2.75, 3.05) is 19.6 Å². The van der Waals surface area contributed by atoms with Crippen LogP contribution in [0.1, 0.15) is 57.8 Å². The molecule has 0 radical (unpaired) electrons. The van der Waals surface area contributed by atoms with Crippen molar-refractivity contribution in [1.29, 1.82) is 0 Å². The summed E-state index contributed by atoms with van der Waals surface area (Å²) in [4.78, 5) is 14.2. The molecule has 0 aromatic carbocycles. The van der Waals surface area contributed by atoms with Crippen LogP contribution in [0.15, 0.2) is 0 Å². The predicted octanol–water partition coefficient (Wildman–Crippen LogP) is 3.14. The molecule has 19 heavy (non-hydrogen) atoms. The molecule has 2 aliphatic carbocycles. The van der Waals surface area contributed by atoms with Gasteiger partial charge in [0.2, 0.25) is 0 Å². The van der Waals surface area contributed by atoms with E-state index in [1.807, 2.05) is 0 Å². The maximum atomic E-state index is 11.7. The van der Waals surface area contributed by atoms with E-state index in [4.69, 9.17) is 0 Å². The van der Waals surface area contributed by atoms with Gasteiger partial charge < -0.3 is 10.0 Å². The first-order valence-electron chi connectivity index (χ1n) is 8.16. The summed E-state index contributed by atoms with van der Waals surface area (Å²) in [6, 6.07) is 0. The summed E-state index contributed by atoms with van der Waals surface area (Å²) in [7, 11) is 0. The lowest BCUT2D eigenvalue weighted by molar-refractivity contribution is -0.149. The van der Waals surface area contributed by atoms with Crippen LogP contribution in [0.5, 0.6) is 0 Å². The average Bonchev–Trinajstić information content (AvgIpc) is 2.79. The summed E-state index contributed by atoms with van der Waals surface area (Å²) in [6.45, 7) is 3.03. The number of carboxylic acid groups (broad SMARTS) is 1. The minimum Gasteiger partial charge on any atom is -0.481 e. The number of nitrogens with zero attached hydrogens (tertiary/aromatic N) is 1. The van der Waals surface area contributed by atoms with E-state index in [-0.39, 0.29) is 5.41 Å². The highest BCUT2D eigenvalue weighted by Crippen LogP contribution is 2.49. The van der Waals surface area contributed by atoms with Crippen LogP contribution in [0.4, 0.5) is 0 Å². The topological polar surface area (TPSA) is 40.5 Å². The van der Waals surface area contributed by atoms with Gasteiger partial charge in [-0.3, -0.25) is 4.79 Å². The lowest BCUT2D eigenvalue weighted by Gasteiger charge is -2.25. The first kappa shape index (κ1) is 13.4. The minimum atomic E-state index is -0.529. The largest absolute Gasteiger partial charge is 0.481 e. The summed E-state index contributed by atoms with van der Waals surface area (Å²) in [6.07, 6.45) is 11.5. The number of rotatable bonds is 3. The second kappa shape index (κ2) is 5.43. The fraction of sp³-hybridized carbons (Fsp3) is 0.938. The predicted molar refractivity (Wildman–Crippen MR) is 75.0 cm³/mol. The van der Waals surface area contributed by atoms with Gasteiger partial charge in [0.25, 0.3) is 0 Å². The molecule has 0 spiro atoms. The lowest BCUT2D eigenvalue weighted by atomic mass is 9.81. The molecule has 0 amide bonds. The molecule has 1 saturated heterocycles. The first-order chi connectivity index (χ1) is 9.21. The normalized spacial score (nSPS) is 37.2. The van der Waals surface area contributed by atoms with Crippen molar-refractivity contribution in [3.8, 4) is 0 Å². The summed E-state index contributed by atoms with van der Waals surface area (Å²) in [5.41, 5.74) is -0.384. The Morgan fingerprint density at radius 2 is 1.84 bits per heavy atom. The zero-order valence-electron chi connectivity index (χ0n) is 11.9. The van der Waals surface area contributed by atoms with E-state index in [0.29, 0.717) is 5.92 Å². The van der Waals surface area contributed by atoms with E-state index in [2.05, 4.69) is 4.90 Å². The molecule has 1 N–H and O–H groups in total. The molecule has 3 heteroatoms. The Bertz CT molecular complexity index is 336. The SMILES string of the molecule is O=C(O)[C@@]12CCC[C@H]1CN(CC1CCCCCC1)C2. The van der Waals surface area contributed by atoms with Gasteiger partial charge in [0.05, 0.1) is 5.41 Å². The molecule has 1 aliphatic heterocycles. The van der Waals surface area contributed by atoms with Crippen LogP contribution < -0.4 is 0 Å². The molecular weight excluding hydrogens is 238 g/mol. The molecule has 2 saturated carbocycles. The summed E-state index contributed by atoms with van der Waals surface area (Å²) >= 11 is 0. The molecule has 0 aromatic heterocycles. The molecule has 108 valence electrons. The van der Waals surface area contributed by atoms with Gasteiger partial charge in [0.1, 0.15) is 0 Å². The molecule has 3 nitrogen and oxygen atoms in total. The molecule has 0 aromatic rings. The van der Waals surface area contributed by atoms with Crippen molar-refractivity contribution in [3.63, 3.8) is 0 Å². The Labute approximate surface area is 116 Å². The second-order valence-corrected chi connectivity index (χ2v) is 7.10. The van der Waals surface area contributed by atoms with E-state index in [1.165, 1.54) is 38.5 Å². The fourth-order valence-electron chi connectivity index (χ4n) is 4.79. The highest BCUT2D eigenvalue weighted by molar-refractivity contribution is 5.76. The highest BCUT2D eigenvalue weighted by atomic mass is 16.4. The smallest absolute Gasteiger partial charge is 0.311 e.